The predicted octanol–water partition coefficient (Wildman–Crippen LogP) is 1.59. The van der Waals surface area contributed by atoms with Gasteiger partial charge >= 0.3 is 0 Å². The first-order valence-electron chi connectivity index (χ1n) is 4.91. The molecule has 1 aromatic carbocycles. The summed E-state index contributed by atoms with van der Waals surface area (Å²) >= 11 is 1.88. The van der Waals surface area contributed by atoms with Crippen LogP contribution in [0.1, 0.15) is 17.9 Å². The predicted molar refractivity (Wildman–Crippen MR) is 59.6 cm³/mol. The van der Waals surface area contributed by atoms with E-state index in [1.54, 1.807) is 0 Å². The van der Waals surface area contributed by atoms with E-state index in [1.165, 1.54) is 10.5 Å². The SMILES string of the molecule is NC(CO)C1CCSc2ccccc21. The highest BCUT2D eigenvalue weighted by Crippen LogP contribution is 2.38. The van der Waals surface area contributed by atoms with Crippen LogP contribution in [0.4, 0.5) is 0 Å². The molecule has 2 unspecified atom stereocenters. The fourth-order valence-corrected chi connectivity index (χ4v) is 3.09. The van der Waals surface area contributed by atoms with E-state index in [0.717, 1.165) is 12.2 Å². The Balaban J connectivity index is 2.30. The molecular formula is C11H15NOS. The van der Waals surface area contributed by atoms with Gasteiger partial charge in [-0.05, 0) is 23.8 Å². The van der Waals surface area contributed by atoms with Crippen molar-refractivity contribution >= 4 is 11.8 Å². The van der Waals surface area contributed by atoms with Crippen molar-refractivity contribution < 1.29 is 5.11 Å². The summed E-state index contributed by atoms with van der Waals surface area (Å²) in [6, 6.07) is 8.25. The molecule has 3 N–H and O–H groups in total. The lowest BCUT2D eigenvalue weighted by Gasteiger charge is -2.28. The second-order valence-corrected chi connectivity index (χ2v) is 4.76. The highest BCUT2D eigenvalue weighted by atomic mass is 32.2. The minimum absolute atomic E-state index is 0.0731. The number of benzene rings is 1. The molecule has 2 atom stereocenters. The highest BCUT2D eigenvalue weighted by molar-refractivity contribution is 7.99. The molecule has 0 aliphatic carbocycles. The average molecular weight is 209 g/mol. The van der Waals surface area contributed by atoms with Crippen molar-refractivity contribution in [2.45, 2.75) is 23.3 Å². The molecule has 1 aliphatic heterocycles. The molecule has 0 bridgehead atoms. The van der Waals surface area contributed by atoms with Gasteiger partial charge in [-0.15, -0.1) is 11.8 Å². The number of hydrogen-bond acceptors (Lipinski definition) is 3. The summed E-state index contributed by atoms with van der Waals surface area (Å²) in [5.41, 5.74) is 7.21. The smallest absolute Gasteiger partial charge is 0.0588 e. The quantitative estimate of drug-likeness (QED) is 0.777. The molecule has 2 nitrogen and oxygen atoms in total. The number of hydrogen-bond donors (Lipinski definition) is 2. The topological polar surface area (TPSA) is 46.2 Å². The summed E-state index contributed by atoms with van der Waals surface area (Å²) in [6.07, 6.45) is 1.07. The molecule has 1 aliphatic rings. The fourth-order valence-electron chi connectivity index (χ4n) is 1.94. The van der Waals surface area contributed by atoms with Gasteiger partial charge in [0, 0.05) is 16.9 Å². The van der Waals surface area contributed by atoms with Crippen LogP contribution in [0.5, 0.6) is 0 Å². The summed E-state index contributed by atoms with van der Waals surface area (Å²) in [6.45, 7) is 0.0731. The van der Waals surface area contributed by atoms with Crippen molar-refractivity contribution in [2.24, 2.45) is 5.73 Å². The van der Waals surface area contributed by atoms with E-state index in [-0.39, 0.29) is 12.6 Å². The zero-order valence-electron chi connectivity index (χ0n) is 8.02. The Morgan fingerprint density at radius 1 is 1.50 bits per heavy atom. The van der Waals surface area contributed by atoms with E-state index >= 15 is 0 Å². The van der Waals surface area contributed by atoms with Gasteiger partial charge < -0.3 is 10.8 Å². The van der Waals surface area contributed by atoms with Crippen molar-refractivity contribution in [2.75, 3.05) is 12.4 Å². The molecule has 1 heterocycles. The monoisotopic (exact) mass is 209 g/mol. The Hall–Kier alpha value is -0.510. The van der Waals surface area contributed by atoms with Crippen LogP contribution in [-0.4, -0.2) is 23.5 Å². The van der Waals surface area contributed by atoms with Gasteiger partial charge in [-0.25, -0.2) is 0 Å². The number of fused-ring (bicyclic) bond motifs is 1. The molecule has 0 radical (unpaired) electrons. The molecule has 14 heavy (non-hydrogen) atoms. The molecule has 0 spiro atoms. The van der Waals surface area contributed by atoms with Crippen LogP contribution in [0.25, 0.3) is 0 Å². The average Bonchev–Trinajstić information content (AvgIpc) is 2.27. The molecule has 0 aromatic heterocycles. The zero-order chi connectivity index (χ0) is 9.97. The lowest BCUT2D eigenvalue weighted by Crippen LogP contribution is -2.33. The molecule has 0 saturated carbocycles. The Morgan fingerprint density at radius 3 is 3.07 bits per heavy atom. The first-order chi connectivity index (χ1) is 6.83. The largest absolute Gasteiger partial charge is 0.395 e. The Kier molecular flexibility index (Phi) is 3.11. The van der Waals surface area contributed by atoms with E-state index in [0.29, 0.717) is 5.92 Å². The van der Waals surface area contributed by atoms with E-state index in [9.17, 15) is 0 Å². The van der Waals surface area contributed by atoms with Gasteiger partial charge in [-0.1, -0.05) is 18.2 Å². The summed E-state index contributed by atoms with van der Waals surface area (Å²) in [7, 11) is 0. The van der Waals surface area contributed by atoms with Gasteiger partial charge in [0.1, 0.15) is 0 Å². The Morgan fingerprint density at radius 2 is 2.29 bits per heavy atom. The molecule has 2 rings (SSSR count). The van der Waals surface area contributed by atoms with E-state index in [4.69, 9.17) is 10.8 Å². The maximum atomic E-state index is 9.08. The van der Waals surface area contributed by atoms with Gasteiger partial charge in [0.15, 0.2) is 0 Å². The summed E-state index contributed by atoms with van der Waals surface area (Å²) in [5, 5.41) is 9.08. The van der Waals surface area contributed by atoms with Crippen molar-refractivity contribution in [1.82, 2.24) is 0 Å². The van der Waals surface area contributed by atoms with Crippen LogP contribution < -0.4 is 5.73 Å². The lowest BCUT2D eigenvalue weighted by atomic mass is 9.89. The second-order valence-electron chi connectivity index (χ2n) is 3.63. The van der Waals surface area contributed by atoms with Crippen LogP contribution in [0.15, 0.2) is 29.2 Å². The van der Waals surface area contributed by atoms with Crippen LogP contribution in [0, 0.1) is 0 Å². The van der Waals surface area contributed by atoms with Gasteiger partial charge in [0.05, 0.1) is 6.61 Å². The van der Waals surface area contributed by atoms with Gasteiger partial charge in [-0.3, -0.25) is 0 Å². The second kappa shape index (κ2) is 4.34. The van der Waals surface area contributed by atoms with Crippen molar-refractivity contribution in [3.05, 3.63) is 29.8 Å². The summed E-state index contributed by atoms with van der Waals surface area (Å²) in [5.74, 6) is 1.44. The van der Waals surface area contributed by atoms with Gasteiger partial charge in [0.2, 0.25) is 0 Å². The Labute approximate surface area is 88.5 Å². The first-order valence-corrected chi connectivity index (χ1v) is 5.89. The van der Waals surface area contributed by atoms with E-state index < -0.39 is 0 Å². The molecular weight excluding hydrogens is 194 g/mol. The molecule has 0 saturated heterocycles. The molecule has 3 heteroatoms. The van der Waals surface area contributed by atoms with Gasteiger partial charge in [-0.2, -0.15) is 0 Å². The number of aliphatic hydroxyl groups excluding tert-OH is 1. The minimum atomic E-state index is -0.114. The number of aliphatic hydroxyl groups is 1. The third kappa shape index (κ3) is 1.80. The lowest BCUT2D eigenvalue weighted by molar-refractivity contribution is 0.246. The summed E-state index contributed by atoms with van der Waals surface area (Å²) < 4.78 is 0. The standard InChI is InChI=1S/C11H15NOS/c12-10(7-13)8-5-6-14-11-4-2-1-3-9(8)11/h1-4,8,10,13H,5-7,12H2. The zero-order valence-corrected chi connectivity index (χ0v) is 8.83. The first kappa shape index (κ1) is 10.0. The van der Waals surface area contributed by atoms with Crippen LogP contribution in [-0.2, 0) is 0 Å². The highest BCUT2D eigenvalue weighted by Gasteiger charge is 2.24. The molecule has 76 valence electrons. The summed E-state index contributed by atoms with van der Waals surface area (Å²) in [4.78, 5) is 1.33. The van der Waals surface area contributed by atoms with Gasteiger partial charge in [0.25, 0.3) is 0 Å². The number of nitrogens with two attached hydrogens (primary N) is 1. The maximum absolute atomic E-state index is 9.08. The van der Waals surface area contributed by atoms with E-state index in [2.05, 4.69) is 18.2 Å². The number of thioether (sulfide) groups is 1. The van der Waals surface area contributed by atoms with Crippen LogP contribution >= 0.6 is 11.8 Å². The molecule has 0 amide bonds. The number of rotatable bonds is 2. The van der Waals surface area contributed by atoms with Crippen LogP contribution in [0.3, 0.4) is 0 Å². The normalized spacial score (nSPS) is 22.9. The van der Waals surface area contributed by atoms with Crippen molar-refractivity contribution in [3.63, 3.8) is 0 Å². The molecule has 0 fully saturated rings. The third-order valence-electron chi connectivity index (χ3n) is 2.73. The maximum Gasteiger partial charge on any atom is 0.0588 e. The van der Waals surface area contributed by atoms with Crippen LogP contribution in [0.2, 0.25) is 0 Å². The van der Waals surface area contributed by atoms with Crippen molar-refractivity contribution in [3.8, 4) is 0 Å². The van der Waals surface area contributed by atoms with Crippen molar-refractivity contribution in [1.29, 1.82) is 0 Å². The minimum Gasteiger partial charge on any atom is -0.395 e. The van der Waals surface area contributed by atoms with E-state index in [1.807, 2.05) is 17.8 Å². The fraction of sp³-hybridized carbons (Fsp3) is 0.455. The Bertz CT molecular complexity index is 316. The molecule has 1 aromatic rings. The third-order valence-corrected chi connectivity index (χ3v) is 3.86.